The van der Waals surface area contributed by atoms with Crippen molar-refractivity contribution in [1.29, 1.82) is 0 Å². The normalized spacial score (nSPS) is 10.9. The second-order valence-corrected chi connectivity index (χ2v) is 3.47. The number of aliphatic hydroxyl groups is 1. The van der Waals surface area contributed by atoms with Crippen molar-refractivity contribution in [2.45, 2.75) is 13.5 Å². The summed E-state index contributed by atoms with van der Waals surface area (Å²) < 4.78 is 0. The fourth-order valence-corrected chi connectivity index (χ4v) is 1.27. The molecule has 0 atom stereocenters. The van der Waals surface area contributed by atoms with Gasteiger partial charge in [-0.2, -0.15) is 0 Å². The van der Waals surface area contributed by atoms with Gasteiger partial charge in [0.25, 0.3) is 0 Å². The summed E-state index contributed by atoms with van der Waals surface area (Å²) in [4.78, 5) is 16.4. The average molecular weight is 196 g/mol. The lowest BCUT2D eigenvalue weighted by molar-refractivity contribution is 0.217. The molecule has 0 saturated heterocycles. The van der Waals surface area contributed by atoms with Crippen molar-refractivity contribution in [3.63, 3.8) is 0 Å². The minimum Gasteiger partial charge on any atom is -0.395 e. The molecule has 0 saturated carbocycles. The number of aromatic amines is 1. The van der Waals surface area contributed by atoms with Crippen molar-refractivity contribution >= 4 is 0 Å². The summed E-state index contributed by atoms with van der Waals surface area (Å²) in [6, 6.07) is 1.59. The first-order valence-corrected chi connectivity index (χ1v) is 4.61. The standard InChI is InChI=1S/C10H16N2O2/c1-8-5-10(14)9(6-11-8)7-12(2)3-4-13/h5-6,13H,3-4,7H2,1-2H3,(H,11,14). The van der Waals surface area contributed by atoms with Crippen LogP contribution in [0.2, 0.25) is 0 Å². The van der Waals surface area contributed by atoms with E-state index in [0.717, 1.165) is 11.3 Å². The van der Waals surface area contributed by atoms with E-state index in [1.807, 2.05) is 18.9 Å². The Hall–Kier alpha value is -1.13. The van der Waals surface area contributed by atoms with Crippen molar-refractivity contribution in [1.82, 2.24) is 9.88 Å². The third-order valence-electron chi connectivity index (χ3n) is 2.06. The molecule has 0 radical (unpaired) electrons. The molecule has 1 rings (SSSR count). The summed E-state index contributed by atoms with van der Waals surface area (Å²) in [6.07, 6.45) is 1.73. The van der Waals surface area contributed by atoms with E-state index in [0.29, 0.717) is 13.1 Å². The number of likely N-dealkylation sites (N-methyl/N-ethyl adjacent to an activating group) is 1. The Morgan fingerprint density at radius 1 is 1.57 bits per heavy atom. The number of hydrogen-bond acceptors (Lipinski definition) is 3. The summed E-state index contributed by atoms with van der Waals surface area (Å²) in [5.74, 6) is 0. The Morgan fingerprint density at radius 2 is 2.29 bits per heavy atom. The SMILES string of the molecule is Cc1cc(=O)c(CN(C)CCO)c[nH]1. The van der Waals surface area contributed by atoms with Crippen LogP contribution in [0.25, 0.3) is 0 Å². The lowest BCUT2D eigenvalue weighted by Crippen LogP contribution is -2.25. The third-order valence-corrected chi connectivity index (χ3v) is 2.06. The first kappa shape index (κ1) is 10.9. The van der Waals surface area contributed by atoms with Gasteiger partial charge >= 0.3 is 0 Å². The zero-order valence-electron chi connectivity index (χ0n) is 8.58. The van der Waals surface area contributed by atoms with E-state index in [2.05, 4.69) is 4.98 Å². The van der Waals surface area contributed by atoms with Gasteiger partial charge in [-0.15, -0.1) is 0 Å². The zero-order chi connectivity index (χ0) is 10.6. The van der Waals surface area contributed by atoms with Crippen LogP contribution in [-0.4, -0.2) is 35.2 Å². The van der Waals surface area contributed by atoms with E-state index in [1.54, 1.807) is 12.3 Å². The van der Waals surface area contributed by atoms with Crippen molar-refractivity contribution in [2.24, 2.45) is 0 Å². The van der Waals surface area contributed by atoms with Gasteiger partial charge in [-0.25, -0.2) is 0 Å². The molecule has 0 fully saturated rings. The lowest BCUT2D eigenvalue weighted by atomic mass is 10.2. The van der Waals surface area contributed by atoms with Crippen LogP contribution < -0.4 is 5.43 Å². The van der Waals surface area contributed by atoms with Crippen LogP contribution in [0, 0.1) is 6.92 Å². The molecular weight excluding hydrogens is 180 g/mol. The highest BCUT2D eigenvalue weighted by atomic mass is 16.3. The molecule has 2 N–H and O–H groups in total. The van der Waals surface area contributed by atoms with E-state index in [-0.39, 0.29) is 12.0 Å². The van der Waals surface area contributed by atoms with Crippen LogP contribution in [0.15, 0.2) is 17.1 Å². The molecule has 0 amide bonds. The molecule has 1 aromatic heterocycles. The Kier molecular flexibility index (Phi) is 3.85. The molecule has 14 heavy (non-hydrogen) atoms. The van der Waals surface area contributed by atoms with E-state index in [1.165, 1.54) is 0 Å². The molecule has 1 aromatic rings. The highest BCUT2D eigenvalue weighted by Gasteiger charge is 2.03. The van der Waals surface area contributed by atoms with Crippen LogP contribution in [0.3, 0.4) is 0 Å². The smallest absolute Gasteiger partial charge is 0.186 e. The van der Waals surface area contributed by atoms with Crippen LogP contribution in [0.1, 0.15) is 11.3 Å². The Balaban J connectivity index is 2.72. The quantitative estimate of drug-likeness (QED) is 0.718. The van der Waals surface area contributed by atoms with Crippen molar-refractivity contribution < 1.29 is 5.11 Å². The third kappa shape index (κ3) is 2.97. The molecule has 0 spiro atoms. The summed E-state index contributed by atoms with van der Waals surface area (Å²) >= 11 is 0. The van der Waals surface area contributed by atoms with Crippen molar-refractivity contribution in [2.75, 3.05) is 20.2 Å². The number of rotatable bonds is 4. The van der Waals surface area contributed by atoms with Gasteiger partial charge in [-0.1, -0.05) is 0 Å². The number of aryl methyl sites for hydroxylation is 1. The average Bonchev–Trinajstić information content (AvgIpc) is 2.10. The first-order valence-electron chi connectivity index (χ1n) is 4.61. The maximum Gasteiger partial charge on any atom is 0.186 e. The largest absolute Gasteiger partial charge is 0.395 e. The van der Waals surface area contributed by atoms with Crippen molar-refractivity contribution in [3.05, 3.63) is 33.7 Å². The van der Waals surface area contributed by atoms with E-state index in [9.17, 15) is 4.79 Å². The molecule has 4 nitrogen and oxygen atoms in total. The van der Waals surface area contributed by atoms with Gasteiger partial charge in [0.15, 0.2) is 5.43 Å². The van der Waals surface area contributed by atoms with Gasteiger partial charge < -0.3 is 10.1 Å². The number of nitrogens with one attached hydrogen (secondary N) is 1. The Labute approximate surface area is 83.2 Å². The number of aromatic nitrogens is 1. The van der Waals surface area contributed by atoms with Crippen LogP contribution in [-0.2, 0) is 6.54 Å². The fourth-order valence-electron chi connectivity index (χ4n) is 1.27. The Bertz CT molecular complexity index is 346. The molecule has 0 aliphatic heterocycles. The molecule has 1 heterocycles. The maximum absolute atomic E-state index is 11.5. The highest BCUT2D eigenvalue weighted by Crippen LogP contribution is 1.96. The molecule has 78 valence electrons. The zero-order valence-corrected chi connectivity index (χ0v) is 8.58. The van der Waals surface area contributed by atoms with Gasteiger partial charge in [-0.3, -0.25) is 9.69 Å². The van der Waals surface area contributed by atoms with Gasteiger partial charge in [0.2, 0.25) is 0 Å². The van der Waals surface area contributed by atoms with Gasteiger partial charge in [0.05, 0.1) is 6.61 Å². The number of pyridine rings is 1. The van der Waals surface area contributed by atoms with Gasteiger partial charge in [-0.05, 0) is 14.0 Å². The predicted octanol–water partition coefficient (Wildman–Crippen LogP) is 0.107. The molecule has 0 aromatic carbocycles. The maximum atomic E-state index is 11.5. The number of nitrogens with zero attached hydrogens (tertiary/aromatic N) is 1. The second-order valence-electron chi connectivity index (χ2n) is 3.47. The van der Waals surface area contributed by atoms with Gasteiger partial charge in [0.1, 0.15) is 0 Å². The molecule has 0 unspecified atom stereocenters. The van der Waals surface area contributed by atoms with Crippen LogP contribution in [0.4, 0.5) is 0 Å². The van der Waals surface area contributed by atoms with Crippen molar-refractivity contribution in [3.8, 4) is 0 Å². The summed E-state index contributed by atoms with van der Waals surface area (Å²) in [7, 11) is 1.87. The monoisotopic (exact) mass is 196 g/mol. The minimum absolute atomic E-state index is 0.0473. The van der Waals surface area contributed by atoms with E-state index < -0.39 is 0 Å². The molecule has 0 aliphatic rings. The first-order chi connectivity index (χ1) is 6.63. The van der Waals surface area contributed by atoms with Crippen LogP contribution in [0.5, 0.6) is 0 Å². The number of aliphatic hydroxyl groups excluding tert-OH is 1. The van der Waals surface area contributed by atoms with Crippen LogP contribution >= 0.6 is 0 Å². The second kappa shape index (κ2) is 4.93. The fraction of sp³-hybridized carbons (Fsp3) is 0.500. The molecular formula is C10H16N2O2. The minimum atomic E-state index is 0.0473. The molecule has 0 bridgehead atoms. The highest BCUT2D eigenvalue weighted by molar-refractivity contribution is 5.13. The summed E-state index contributed by atoms with van der Waals surface area (Å²) in [6.45, 7) is 3.10. The van der Waals surface area contributed by atoms with E-state index >= 15 is 0 Å². The summed E-state index contributed by atoms with van der Waals surface area (Å²) in [5.41, 5.74) is 1.64. The van der Waals surface area contributed by atoms with E-state index in [4.69, 9.17) is 5.11 Å². The lowest BCUT2D eigenvalue weighted by Gasteiger charge is -2.14. The molecule has 4 heteroatoms. The summed E-state index contributed by atoms with van der Waals surface area (Å²) in [5, 5.41) is 8.70. The number of hydrogen-bond donors (Lipinski definition) is 2. The van der Waals surface area contributed by atoms with Gasteiger partial charge in [0, 0.05) is 36.6 Å². The topological polar surface area (TPSA) is 56.3 Å². The molecule has 0 aliphatic carbocycles. The number of H-pyrrole nitrogens is 1. The Morgan fingerprint density at radius 3 is 2.86 bits per heavy atom. The predicted molar refractivity (Wildman–Crippen MR) is 55.2 cm³/mol.